The number of carbonyl (C=O) groups excluding carboxylic acids is 1. The maximum absolute atomic E-state index is 13.6. The van der Waals surface area contributed by atoms with Gasteiger partial charge in [0.05, 0.1) is 19.2 Å². The summed E-state index contributed by atoms with van der Waals surface area (Å²) in [5.74, 6) is -0.896. The highest BCUT2D eigenvalue weighted by Crippen LogP contribution is 2.26. The summed E-state index contributed by atoms with van der Waals surface area (Å²) in [4.78, 5) is 12.4. The lowest BCUT2D eigenvalue weighted by molar-refractivity contribution is 0.103. The number of ketones is 1. The topological polar surface area (TPSA) is 17.1 Å². The second kappa shape index (κ2) is 4.65. The van der Waals surface area contributed by atoms with E-state index in [0.29, 0.717) is 9.21 Å². The van der Waals surface area contributed by atoms with Crippen molar-refractivity contribution < 1.29 is 9.18 Å². The van der Waals surface area contributed by atoms with Gasteiger partial charge in [-0.05, 0) is 40.2 Å². The van der Waals surface area contributed by atoms with Crippen molar-refractivity contribution in [2.75, 3.05) is 0 Å². The molecule has 16 heavy (non-hydrogen) atoms. The highest BCUT2D eigenvalue weighted by molar-refractivity contribution is 9.10. The van der Waals surface area contributed by atoms with E-state index in [1.165, 1.54) is 6.07 Å². The van der Waals surface area contributed by atoms with Gasteiger partial charge in [-0.3, -0.25) is 4.79 Å². The van der Waals surface area contributed by atoms with Crippen molar-refractivity contribution in [1.29, 1.82) is 0 Å². The lowest BCUT2D eigenvalue weighted by Crippen LogP contribution is -2.02. The highest BCUT2D eigenvalue weighted by Gasteiger charge is 2.17. The van der Waals surface area contributed by atoms with Gasteiger partial charge in [0.2, 0.25) is 5.78 Å². The lowest BCUT2D eigenvalue weighted by atomic mass is 10.1. The van der Waals surface area contributed by atoms with Crippen LogP contribution < -0.4 is 0 Å². The molecule has 1 heterocycles. The zero-order valence-corrected chi connectivity index (χ0v) is 11.0. The first kappa shape index (κ1) is 11.8. The minimum Gasteiger partial charge on any atom is -0.288 e. The molecule has 1 aromatic carbocycles. The summed E-state index contributed by atoms with van der Waals surface area (Å²) in [6, 6.07) is 7.84. The van der Waals surface area contributed by atoms with E-state index >= 15 is 0 Å². The molecule has 1 nitrogen and oxygen atoms in total. The van der Waals surface area contributed by atoms with E-state index in [-0.39, 0.29) is 15.8 Å². The van der Waals surface area contributed by atoms with Crippen LogP contribution in [0.25, 0.3) is 0 Å². The van der Waals surface area contributed by atoms with Gasteiger partial charge >= 0.3 is 0 Å². The molecule has 0 radical (unpaired) electrons. The molecular weight excluding hydrogens is 315 g/mol. The van der Waals surface area contributed by atoms with E-state index in [1.54, 1.807) is 24.3 Å². The van der Waals surface area contributed by atoms with Crippen LogP contribution in [-0.4, -0.2) is 5.78 Å². The molecule has 1 aromatic heterocycles. The first-order valence-electron chi connectivity index (χ1n) is 4.33. The minimum atomic E-state index is -0.544. The van der Waals surface area contributed by atoms with Crippen molar-refractivity contribution in [2.45, 2.75) is 0 Å². The number of hydrogen-bond donors (Lipinski definition) is 0. The standard InChI is InChI=1S/C11H5BrClFOS/c12-7-3-1-2-6(10(7)14)11(15)8-4-5-9(13)16-8/h1-5H. The Morgan fingerprint density at radius 1 is 1.31 bits per heavy atom. The monoisotopic (exact) mass is 318 g/mol. The fourth-order valence-electron chi connectivity index (χ4n) is 1.25. The van der Waals surface area contributed by atoms with Crippen LogP contribution in [0.2, 0.25) is 4.34 Å². The fraction of sp³-hybridized carbons (Fsp3) is 0. The molecule has 5 heteroatoms. The van der Waals surface area contributed by atoms with Crippen LogP contribution in [0.1, 0.15) is 15.2 Å². The van der Waals surface area contributed by atoms with E-state index in [4.69, 9.17) is 11.6 Å². The molecule has 2 rings (SSSR count). The molecule has 0 spiro atoms. The Morgan fingerprint density at radius 2 is 2.06 bits per heavy atom. The Bertz CT molecular complexity index is 553. The van der Waals surface area contributed by atoms with Gasteiger partial charge in [0.1, 0.15) is 5.82 Å². The third-order valence-electron chi connectivity index (χ3n) is 1.99. The van der Waals surface area contributed by atoms with Crippen molar-refractivity contribution in [3.63, 3.8) is 0 Å². The van der Waals surface area contributed by atoms with E-state index in [1.807, 2.05) is 0 Å². The van der Waals surface area contributed by atoms with Gasteiger partial charge in [-0.2, -0.15) is 0 Å². The molecule has 0 aliphatic heterocycles. The van der Waals surface area contributed by atoms with Gasteiger partial charge in [-0.1, -0.05) is 17.7 Å². The molecule has 0 amide bonds. The Balaban J connectivity index is 2.45. The molecule has 0 unspecified atom stereocenters. The van der Waals surface area contributed by atoms with Gasteiger partial charge in [-0.15, -0.1) is 11.3 Å². The number of thiophene rings is 1. The number of carbonyl (C=O) groups is 1. The van der Waals surface area contributed by atoms with E-state index in [0.717, 1.165) is 11.3 Å². The number of benzene rings is 1. The van der Waals surface area contributed by atoms with Crippen LogP contribution in [-0.2, 0) is 0 Å². The number of rotatable bonds is 2. The number of halogens is 3. The molecule has 0 fully saturated rings. The van der Waals surface area contributed by atoms with Crippen molar-refractivity contribution in [1.82, 2.24) is 0 Å². The summed E-state index contributed by atoms with van der Waals surface area (Å²) >= 11 is 9.91. The molecular formula is C11H5BrClFOS. The lowest BCUT2D eigenvalue weighted by Gasteiger charge is -2.01. The Hall–Kier alpha value is -0.710. The second-order valence-electron chi connectivity index (χ2n) is 3.03. The summed E-state index contributed by atoms with van der Waals surface area (Å²) in [5.41, 5.74) is 0.0490. The maximum Gasteiger partial charge on any atom is 0.205 e. The molecule has 0 bridgehead atoms. The first-order valence-corrected chi connectivity index (χ1v) is 6.32. The van der Waals surface area contributed by atoms with E-state index < -0.39 is 5.82 Å². The Morgan fingerprint density at radius 3 is 2.69 bits per heavy atom. The molecule has 0 atom stereocenters. The van der Waals surface area contributed by atoms with Crippen molar-refractivity contribution in [3.8, 4) is 0 Å². The minimum absolute atomic E-state index is 0.0490. The molecule has 2 aromatic rings. The van der Waals surface area contributed by atoms with Crippen LogP contribution in [0.15, 0.2) is 34.8 Å². The molecule has 0 N–H and O–H groups in total. The van der Waals surface area contributed by atoms with Crippen LogP contribution >= 0.6 is 38.9 Å². The summed E-state index contributed by atoms with van der Waals surface area (Å²) in [6.45, 7) is 0. The molecule has 82 valence electrons. The fourth-order valence-corrected chi connectivity index (χ4v) is 2.61. The highest BCUT2D eigenvalue weighted by atomic mass is 79.9. The quantitative estimate of drug-likeness (QED) is 0.743. The summed E-state index contributed by atoms with van der Waals surface area (Å²) < 4.78 is 14.4. The van der Waals surface area contributed by atoms with Crippen LogP contribution in [0.4, 0.5) is 4.39 Å². The normalized spacial score (nSPS) is 10.4. The van der Waals surface area contributed by atoms with Gasteiger partial charge < -0.3 is 0 Å². The summed E-state index contributed by atoms with van der Waals surface area (Å²) in [7, 11) is 0. The Kier molecular flexibility index (Phi) is 3.42. The summed E-state index contributed by atoms with van der Waals surface area (Å²) in [6.07, 6.45) is 0. The predicted octanol–water partition coefficient (Wildman–Crippen LogP) is 4.53. The van der Waals surface area contributed by atoms with Crippen molar-refractivity contribution >= 4 is 44.7 Å². The van der Waals surface area contributed by atoms with Gasteiger partial charge in [0.15, 0.2) is 0 Å². The SMILES string of the molecule is O=C(c1ccc(Cl)s1)c1cccc(Br)c1F. The molecule has 0 aliphatic rings. The predicted molar refractivity (Wildman–Crippen MR) is 66.9 cm³/mol. The molecule has 0 saturated heterocycles. The molecule has 0 saturated carbocycles. The molecule has 0 aliphatic carbocycles. The smallest absolute Gasteiger partial charge is 0.205 e. The third kappa shape index (κ3) is 2.19. The van der Waals surface area contributed by atoms with Crippen molar-refractivity contribution in [3.05, 3.63) is 55.4 Å². The van der Waals surface area contributed by atoms with Crippen LogP contribution in [0, 0.1) is 5.82 Å². The maximum atomic E-state index is 13.6. The van der Waals surface area contributed by atoms with Crippen LogP contribution in [0.5, 0.6) is 0 Å². The average molecular weight is 320 g/mol. The second-order valence-corrected chi connectivity index (χ2v) is 5.60. The zero-order valence-electron chi connectivity index (χ0n) is 7.84. The third-order valence-corrected chi connectivity index (χ3v) is 3.84. The van der Waals surface area contributed by atoms with Gasteiger partial charge in [0.25, 0.3) is 0 Å². The zero-order chi connectivity index (χ0) is 11.7. The van der Waals surface area contributed by atoms with Gasteiger partial charge in [-0.25, -0.2) is 4.39 Å². The largest absolute Gasteiger partial charge is 0.288 e. The van der Waals surface area contributed by atoms with Gasteiger partial charge in [0, 0.05) is 0 Å². The average Bonchev–Trinajstić information content (AvgIpc) is 2.68. The number of hydrogen-bond acceptors (Lipinski definition) is 2. The van der Waals surface area contributed by atoms with Crippen molar-refractivity contribution in [2.24, 2.45) is 0 Å². The van der Waals surface area contributed by atoms with E-state index in [9.17, 15) is 9.18 Å². The summed E-state index contributed by atoms with van der Waals surface area (Å²) in [5, 5.41) is 0. The van der Waals surface area contributed by atoms with E-state index in [2.05, 4.69) is 15.9 Å². The Labute approximate surface area is 109 Å². The first-order chi connectivity index (χ1) is 7.59. The van der Waals surface area contributed by atoms with Crippen LogP contribution in [0.3, 0.4) is 0 Å².